The molecule has 2 aliphatic rings. The summed E-state index contributed by atoms with van der Waals surface area (Å²) in [4.78, 5) is 14.0. The minimum absolute atomic E-state index is 0.125. The fourth-order valence-corrected chi connectivity index (χ4v) is 5.12. The quantitative estimate of drug-likeness (QED) is 0.872. The van der Waals surface area contributed by atoms with Crippen LogP contribution in [0.4, 0.5) is 11.4 Å². The molecule has 2 aromatic carbocycles. The fraction of sp³-hybridized carbons (Fsp3) is 0.381. The summed E-state index contributed by atoms with van der Waals surface area (Å²) in [6, 6.07) is 10.8. The number of carbonyl (C=O) groups excluding carboxylic acids is 1. The van der Waals surface area contributed by atoms with Gasteiger partial charge in [-0.05, 0) is 86.1 Å². The van der Waals surface area contributed by atoms with E-state index in [0.29, 0.717) is 17.0 Å². The maximum absolute atomic E-state index is 12.8. The lowest BCUT2D eigenvalue weighted by Gasteiger charge is -2.20. The lowest BCUT2D eigenvalue weighted by molar-refractivity contribution is -0.117. The number of benzene rings is 2. The van der Waals surface area contributed by atoms with Gasteiger partial charge in [0.15, 0.2) is 0 Å². The summed E-state index contributed by atoms with van der Waals surface area (Å²) in [5, 5.41) is 0. The van der Waals surface area contributed by atoms with E-state index in [0.717, 1.165) is 49.0 Å². The van der Waals surface area contributed by atoms with Crippen LogP contribution < -0.4 is 9.62 Å². The van der Waals surface area contributed by atoms with Crippen LogP contribution in [0.1, 0.15) is 42.4 Å². The Kier molecular flexibility index (Phi) is 4.68. The summed E-state index contributed by atoms with van der Waals surface area (Å²) in [5.74, 6) is 0.125. The molecule has 27 heavy (non-hydrogen) atoms. The minimum atomic E-state index is -3.64. The lowest BCUT2D eigenvalue weighted by Crippen LogP contribution is -2.24. The van der Waals surface area contributed by atoms with Gasteiger partial charge in [-0.3, -0.25) is 9.52 Å². The Balaban J connectivity index is 1.58. The number of carbonyl (C=O) groups is 1. The van der Waals surface area contributed by atoms with E-state index in [1.165, 1.54) is 12.0 Å². The van der Waals surface area contributed by atoms with Crippen molar-refractivity contribution in [3.8, 4) is 0 Å². The van der Waals surface area contributed by atoms with Crippen LogP contribution in [-0.4, -0.2) is 20.9 Å². The van der Waals surface area contributed by atoms with Gasteiger partial charge in [-0.25, -0.2) is 8.42 Å². The van der Waals surface area contributed by atoms with Gasteiger partial charge in [0.25, 0.3) is 10.0 Å². The van der Waals surface area contributed by atoms with Crippen molar-refractivity contribution in [1.82, 2.24) is 0 Å². The molecule has 4 rings (SSSR count). The number of amides is 1. The highest BCUT2D eigenvalue weighted by molar-refractivity contribution is 7.92. The number of nitrogens with one attached hydrogen (secondary N) is 1. The molecule has 1 aliphatic carbocycles. The number of aryl methyl sites for hydroxylation is 3. The number of hydrogen-bond donors (Lipinski definition) is 1. The van der Waals surface area contributed by atoms with Crippen LogP contribution in [0.3, 0.4) is 0 Å². The van der Waals surface area contributed by atoms with Crippen LogP contribution in [0.5, 0.6) is 0 Å². The van der Waals surface area contributed by atoms with Crippen LogP contribution in [-0.2, 0) is 27.7 Å². The first-order valence-electron chi connectivity index (χ1n) is 9.50. The van der Waals surface area contributed by atoms with E-state index in [4.69, 9.17) is 0 Å². The van der Waals surface area contributed by atoms with Crippen LogP contribution in [0, 0.1) is 6.92 Å². The van der Waals surface area contributed by atoms with Crippen LogP contribution in [0.15, 0.2) is 41.3 Å². The zero-order valence-corrected chi connectivity index (χ0v) is 16.3. The van der Waals surface area contributed by atoms with Crippen molar-refractivity contribution in [3.05, 3.63) is 53.1 Å². The molecule has 0 spiro atoms. The highest BCUT2D eigenvalue weighted by atomic mass is 32.2. The summed E-state index contributed by atoms with van der Waals surface area (Å²) in [7, 11) is -3.64. The molecule has 0 atom stereocenters. The second-order valence-corrected chi connectivity index (χ2v) is 9.08. The standard InChI is InChI=1S/C21H24N2O3S/c1-15-13-18(9-11-20(15)23-12-4-7-21(23)24)22-27(25,26)19-10-8-16-5-2-3-6-17(16)14-19/h8-11,13-14,22H,2-7,12H2,1H3. The Morgan fingerprint density at radius 2 is 1.70 bits per heavy atom. The molecule has 6 heteroatoms. The summed E-state index contributed by atoms with van der Waals surface area (Å²) in [6.45, 7) is 2.62. The van der Waals surface area contributed by atoms with Gasteiger partial charge in [-0.2, -0.15) is 0 Å². The van der Waals surface area contributed by atoms with Crippen LogP contribution in [0.25, 0.3) is 0 Å². The van der Waals surface area contributed by atoms with Crippen LogP contribution >= 0.6 is 0 Å². The van der Waals surface area contributed by atoms with Gasteiger partial charge in [0.05, 0.1) is 4.90 Å². The number of hydrogen-bond acceptors (Lipinski definition) is 3. The Morgan fingerprint density at radius 1 is 0.926 bits per heavy atom. The molecule has 2 aromatic rings. The molecule has 0 saturated carbocycles. The minimum Gasteiger partial charge on any atom is -0.312 e. The predicted molar refractivity (Wildman–Crippen MR) is 107 cm³/mol. The molecule has 0 unspecified atom stereocenters. The van der Waals surface area contributed by atoms with Crippen molar-refractivity contribution in [3.63, 3.8) is 0 Å². The van der Waals surface area contributed by atoms with Crippen molar-refractivity contribution in [2.45, 2.75) is 50.3 Å². The number of nitrogens with zero attached hydrogens (tertiary/aromatic N) is 1. The number of rotatable bonds is 4. The van der Waals surface area contributed by atoms with E-state index in [1.54, 1.807) is 29.2 Å². The first-order chi connectivity index (χ1) is 12.9. The predicted octanol–water partition coefficient (Wildman–Crippen LogP) is 3.80. The molecule has 0 aromatic heterocycles. The lowest BCUT2D eigenvalue weighted by atomic mass is 9.92. The third kappa shape index (κ3) is 3.58. The average molecular weight is 385 g/mol. The highest BCUT2D eigenvalue weighted by Gasteiger charge is 2.23. The molecule has 0 radical (unpaired) electrons. The number of sulfonamides is 1. The molecule has 1 saturated heterocycles. The average Bonchev–Trinajstić information content (AvgIpc) is 3.07. The SMILES string of the molecule is Cc1cc(NS(=O)(=O)c2ccc3c(c2)CCCC3)ccc1N1CCCC1=O. The summed E-state index contributed by atoms with van der Waals surface area (Å²) >= 11 is 0. The van der Waals surface area contributed by atoms with E-state index in [9.17, 15) is 13.2 Å². The number of fused-ring (bicyclic) bond motifs is 1. The smallest absolute Gasteiger partial charge is 0.261 e. The van der Waals surface area contributed by atoms with Gasteiger partial charge in [0.1, 0.15) is 0 Å². The maximum atomic E-state index is 12.8. The Labute approximate surface area is 160 Å². The zero-order valence-electron chi connectivity index (χ0n) is 15.5. The van der Waals surface area contributed by atoms with E-state index in [2.05, 4.69) is 4.72 Å². The first-order valence-corrected chi connectivity index (χ1v) is 11.0. The van der Waals surface area contributed by atoms with Gasteiger partial charge in [-0.15, -0.1) is 0 Å². The van der Waals surface area contributed by atoms with Gasteiger partial charge < -0.3 is 4.90 Å². The van der Waals surface area contributed by atoms with E-state index in [-0.39, 0.29) is 5.91 Å². The van der Waals surface area contributed by atoms with Crippen molar-refractivity contribution in [2.75, 3.05) is 16.2 Å². The summed E-state index contributed by atoms with van der Waals surface area (Å²) < 4.78 is 28.3. The molecule has 142 valence electrons. The van der Waals surface area contributed by atoms with Crippen molar-refractivity contribution in [1.29, 1.82) is 0 Å². The maximum Gasteiger partial charge on any atom is 0.261 e. The van der Waals surface area contributed by atoms with Crippen molar-refractivity contribution < 1.29 is 13.2 Å². The molecule has 0 bridgehead atoms. The Morgan fingerprint density at radius 3 is 2.41 bits per heavy atom. The topological polar surface area (TPSA) is 66.5 Å². The normalized spacial score (nSPS) is 17.1. The number of anilines is 2. The molecule has 1 aliphatic heterocycles. The Bertz CT molecular complexity index is 998. The highest BCUT2D eigenvalue weighted by Crippen LogP contribution is 2.29. The van der Waals surface area contributed by atoms with Crippen molar-refractivity contribution in [2.24, 2.45) is 0 Å². The molecular formula is C21H24N2O3S. The van der Waals surface area contributed by atoms with Crippen LogP contribution in [0.2, 0.25) is 0 Å². The van der Waals surface area contributed by atoms with Gasteiger partial charge >= 0.3 is 0 Å². The van der Waals surface area contributed by atoms with Gasteiger partial charge in [0, 0.05) is 24.3 Å². The largest absolute Gasteiger partial charge is 0.312 e. The molecule has 1 heterocycles. The summed E-state index contributed by atoms with van der Waals surface area (Å²) in [5.41, 5.74) is 4.66. The van der Waals surface area contributed by atoms with E-state index >= 15 is 0 Å². The second-order valence-electron chi connectivity index (χ2n) is 7.39. The second kappa shape index (κ2) is 7.00. The summed E-state index contributed by atoms with van der Waals surface area (Å²) in [6.07, 6.45) is 5.69. The monoisotopic (exact) mass is 384 g/mol. The molecule has 1 N–H and O–H groups in total. The van der Waals surface area contributed by atoms with Crippen molar-refractivity contribution >= 4 is 27.3 Å². The first kappa shape index (κ1) is 18.0. The fourth-order valence-electron chi connectivity index (χ4n) is 4.02. The third-order valence-corrected chi connectivity index (χ3v) is 6.82. The molecule has 1 fully saturated rings. The zero-order chi connectivity index (χ0) is 19.0. The molecular weight excluding hydrogens is 360 g/mol. The molecule has 5 nitrogen and oxygen atoms in total. The Hall–Kier alpha value is -2.34. The van der Waals surface area contributed by atoms with E-state index < -0.39 is 10.0 Å². The van der Waals surface area contributed by atoms with E-state index in [1.807, 2.05) is 19.1 Å². The van der Waals surface area contributed by atoms with Gasteiger partial charge in [0.2, 0.25) is 5.91 Å². The molecule has 1 amide bonds. The third-order valence-electron chi connectivity index (χ3n) is 5.44. The van der Waals surface area contributed by atoms with Gasteiger partial charge in [-0.1, -0.05) is 6.07 Å².